The molecule has 0 radical (unpaired) electrons. The van der Waals surface area contributed by atoms with Crippen molar-refractivity contribution in [1.29, 1.82) is 0 Å². The number of allylic oxidation sites excluding steroid dienone is 2. The molecule has 0 bridgehead atoms. The van der Waals surface area contributed by atoms with Gasteiger partial charge in [-0.2, -0.15) is 0 Å². The first kappa shape index (κ1) is 36.5. The van der Waals surface area contributed by atoms with Gasteiger partial charge in [-0.05, 0) is 121 Å². The third-order valence-electron chi connectivity index (χ3n) is 16.2. The van der Waals surface area contributed by atoms with Crippen LogP contribution in [0.4, 0.5) is 0 Å². The number of aryl methyl sites for hydroxylation is 1. The Labute approximate surface area is 306 Å². The van der Waals surface area contributed by atoms with E-state index in [2.05, 4.69) is 64.9 Å². The number of aliphatic hydroxyl groups is 1. The monoisotopic (exact) mass is 701 g/mol. The number of aliphatic hydroxyl groups excluding tert-OH is 1. The molecule has 10 atom stereocenters. The van der Waals surface area contributed by atoms with Crippen LogP contribution >= 0.6 is 0 Å². The Morgan fingerprint density at radius 1 is 0.980 bits per heavy atom. The van der Waals surface area contributed by atoms with Crippen LogP contribution in [-0.4, -0.2) is 45.9 Å². The fourth-order valence-electron chi connectivity index (χ4n) is 12.7. The van der Waals surface area contributed by atoms with Crippen molar-refractivity contribution in [2.45, 2.75) is 132 Å². The van der Waals surface area contributed by atoms with Crippen molar-refractivity contribution in [2.75, 3.05) is 13.7 Å². The van der Waals surface area contributed by atoms with Crippen LogP contribution in [0.3, 0.4) is 0 Å². The van der Waals surface area contributed by atoms with Crippen molar-refractivity contribution < 1.29 is 24.1 Å². The zero-order chi connectivity index (χ0) is 36.4. The highest BCUT2D eigenvalue weighted by molar-refractivity contribution is 5.79. The summed E-state index contributed by atoms with van der Waals surface area (Å²) in [6.45, 7) is 18.5. The van der Waals surface area contributed by atoms with Crippen molar-refractivity contribution >= 4 is 5.97 Å². The highest BCUT2D eigenvalue weighted by atomic mass is 16.5. The first-order valence-electron chi connectivity index (χ1n) is 19.9. The molecule has 0 aliphatic heterocycles. The molecule has 2 aromatic rings. The SMILES string of the molecule is COc1cccc(OCc2cn(CCCOC(=O)[C@]34CC[C@@H](C)[C@H](C)[C@H]3C3=CC[C@@H]5[C@@]6(C)CC[C@H](O)C(C)(C)C6CC[C@@]5(C)[C@]3(C)CC4)nn2)c1. The minimum Gasteiger partial charge on any atom is -0.497 e. The molecule has 0 amide bonds. The smallest absolute Gasteiger partial charge is 0.312 e. The third kappa shape index (κ3) is 5.76. The Hall–Kier alpha value is -2.87. The molecule has 1 heterocycles. The molecule has 1 aromatic heterocycles. The molecule has 8 heteroatoms. The van der Waals surface area contributed by atoms with Gasteiger partial charge in [-0.1, -0.05) is 71.4 Å². The van der Waals surface area contributed by atoms with E-state index in [9.17, 15) is 9.90 Å². The highest BCUT2D eigenvalue weighted by Gasteiger charge is 2.69. The summed E-state index contributed by atoms with van der Waals surface area (Å²) in [5, 5.41) is 19.7. The van der Waals surface area contributed by atoms with Crippen molar-refractivity contribution in [3.05, 3.63) is 47.8 Å². The molecule has 8 nitrogen and oxygen atoms in total. The molecule has 4 fully saturated rings. The van der Waals surface area contributed by atoms with E-state index in [0.717, 1.165) is 62.1 Å². The van der Waals surface area contributed by atoms with E-state index >= 15 is 0 Å². The molecule has 1 N–H and O–H groups in total. The number of fused-ring (bicyclic) bond motifs is 7. The fourth-order valence-corrected chi connectivity index (χ4v) is 12.7. The molecule has 280 valence electrons. The summed E-state index contributed by atoms with van der Waals surface area (Å²) in [5.41, 5.74) is 2.27. The molecule has 51 heavy (non-hydrogen) atoms. The minimum atomic E-state index is -0.448. The van der Waals surface area contributed by atoms with Crippen LogP contribution in [0.15, 0.2) is 42.1 Å². The molecule has 1 aromatic carbocycles. The average Bonchev–Trinajstić information content (AvgIpc) is 3.57. The van der Waals surface area contributed by atoms with Gasteiger partial charge in [-0.15, -0.1) is 5.10 Å². The number of hydrogen-bond acceptors (Lipinski definition) is 7. The maximum atomic E-state index is 14.4. The molecular formula is C43H63N3O5. The standard InChI is InChI=1S/C43H63N3O5/c1-28-15-20-43(38(48)50-24-10-23-46-26-30(44-45-46)27-51-32-12-9-11-31(25-32)49-8)22-21-41(6)33(37(43)29(28)2)13-14-35-40(5)18-17-36(47)39(3,4)34(40)16-19-42(35,41)7/h9,11-13,25-26,28-29,34-37,47H,10,14-24,27H2,1-8H3/t28-,29+,34?,35-,36+,37+,40+,41-,42-,43+/m1/s1. The summed E-state index contributed by atoms with van der Waals surface area (Å²) < 4.78 is 19.2. The van der Waals surface area contributed by atoms with Gasteiger partial charge in [0, 0.05) is 19.0 Å². The number of aromatic nitrogens is 3. The number of ether oxygens (including phenoxy) is 3. The Balaban J connectivity index is 1.04. The van der Waals surface area contributed by atoms with Gasteiger partial charge in [-0.3, -0.25) is 9.48 Å². The van der Waals surface area contributed by atoms with Crippen molar-refractivity contribution in [2.24, 2.45) is 56.7 Å². The zero-order valence-electron chi connectivity index (χ0n) is 32.5. The Bertz CT molecular complexity index is 1630. The normalized spacial score (nSPS) is 39.7. The first-order chi connectivity index (χ1) is 24.2. The number of nitrogens with zero attached hydrogens (tertiary/aromatic N) is 3. The van der Waals surface area contributed by atoms with Crippen LogP contribution in [0.1, 0.15) is 118 Å². The summed E-state index contributed by atoms with van der Waals surface area (Å²) in [7, 11) is 1.64. The molecule has 5 aliphatic rings. The van der Waals surface area contributed by atoms with E-state index in [1.807, 2.05) is 35.1 Å². The second-order valence-electron chi connectivity index (χ2n) is 18.6. The topological polar surface area (TPSA) is 95.7 Å². The number of esters is 1. The molecule has 7 rings (SSSR count). The lowest BCUT2D eigenvalue weighted by Gasteiger charge is -2.71. The number of carbonyl (C=O) groups excluding carboxylic acids is 1. The number of methoxy groups -OCH3 is 1. The zero-order valence-corrected chi connectivity index (χ0v) is 32.5. The van der Waals surface area contributed by atoms with Crippen LogP contribution in [0.2, 0.25) is 0 Å². The minimum absolute atomic E-state index is 0.0196. The largest absolute Gasteiger partial charge is 0.497 e. The van der Waals surface area contributed by atoms with Gasteiger partial charge < -0.3 is 19.3 Å². The summed E-state index contributed by atoms with van der Waals surface area (Å²) in [6, 6.07) is 7.52. The van der Waals surface area contributed by atoms with E-state index in [1.54, 1.807) is 12.7 Å². The van der Waals surface area contributed by atoms with E-state index in [4.69, 9.17) is 14.2 Å². The van der Waals surface area contributed by atoms with E-state index in [0.29, 0.717) is 49.9 Å². The predicted molar refractivity (Wildman–Crippen MR) is 198 cm³/mol. The summed E-state index contributed by atoms with van der Waals surface area (Å²) in [6.07, 6.45) is 14.5. The van der Waals surface area contributed by atoms with Gasteiger partial charge >= 0.3 is 5.97 Å². The van der Waals surface area contributed by atoms with Crippen molar-refractivity contribution in [3.63, 3.8) is 0 Å². The van der Waals surface area contributed by atoms with Crippen molar-refractivity contribution in [1.82, 2.24) is 15.0 Å². The summed E-state index contributed by atoms with van der Waals surface area (Å²) >= 11 is 0. The van der Waals surface area contributed by atoms with Crippen LogP contribution < -0.4 is 9.47 Å². The van der Waals surface area contributed by atoms with Gasteiger partial charge in [0.2, 0.25) is 0 Å². The molecule has 5 aliphatic carbocycles. The quantitative estimate of drug-likeness (QED) is 0.159. The maximum absolute atomic E-state index is 14.4. The third-order valence-corrected chi connectivity index (χ3v) is 16.2. The predicted octanol–water partition coefficient (Wildman–Crippen LogP) is 8.82. The second kappa shape index (κ2) is 13.2. The number of carbonyl (C=O) groups is 1. The lowest BCUT2D eigenvalue weighted by atomic mass is 9.33. The molecule has 0 spiro atoms. The van der Waals surface area contributed by atoms with E-state index in [-0.39, 0.29) is 39.7 Å². The second-order valence-corrected chi connectivity index (χ2v) is 18.6. The van der Waals surface area contributed by atoms with Gasteiger partial charge in [0.05, 0.1) is 31.4 Å². The first-order valence-corrected chi connectivity index (χ1v) is 19.9. The molecule has 0 saturated heterocycles. The van der Waals surface area contributed by atoms with E-state index < -0.39 is 5.41 Å². The number of rotatable bonds is 9. The highest BCUT2D eigenvalue weighted by Crippen LogP contribution is 2.75. The fraction of sp³-hybridized carbons (Fsp3) is 0.744. The Kier molecular flexibility index (Phi) is 9.45. The van der Waals surface area contributed by atoms with Crippen molar-refractivity contribution in [3.8, 4) is 11.5 Å². The molecule has 1 unspecified atom stereocenters. The number of benzene rings is 1. The van der Waals surface area contributed by atoms with E-state index in [1.165, 1.54) is 12.8 Å². The lowest BCUT2D eigenvalue weighted by molar-refractivity contribution is -0.207. The van der Waals surface area contributed by atoms with Gasteiger partial charge in [0.15, 0.2) is 0 Å². The molecule has 4 saturated carbocycles. The summed E-state index contributed by atoms with van der Waals surface area (Å²) in [4.78, 5) is 14.4. The van der Waals surface area contributed by atoms with Gasteiger partial charge in [0.25, 0.3) is 0 Å². The van der Waals surface area contributed by atoms with Crippen LogP contribution in [-0.2, 0) is 22.7 Å². The Morgan fingerprint density at radius 3 is 2.55 bits per heavy atom. The Morgan fingerprint density at radius 2 is 1.76 bits per heavy atom. The lowest BCUT2D eigenvalue weighted by Crippen LogP contribution is -2.65. The van der Waals surface area contributed by atoms with Crippen LogP contribution in [0.5, 0.6) is 11.5 Å². The van der Waals surface area contributed by atoms with Gasteiger partial charge in [-0.25, -0.2) is 0 Å². The van der Waals surface area contributed by atoms with Gasteiger partial charge in [0.1, 0.15) is 23.8 Å². The van der Waals surface area contributed by atoms with Crippen LogP contribution in [0, 0.1) is 56.7 Å². The molecular weight excluding hydrogens is 638 g/mol. The van der Waals surface area contributed by atoms with Crippen LogP contribution in [0.25, 0.3) is 0 Å². The number of hydrogen-bond donors (Lipinski definition) is 1. The summed E-state index contributed by atoms with van der Waals surface area (Å²) in [5.74, 6) is 3.84. The average molecular weight is 702 g/mol. The maximum Gasteiger partial charge on any atom is 0.312 e.